The molecule has 2 rings (SSSR count). The van der Waals surface area contributed by atoms with Crippen LogP contribution in [-0.2, 0) is 0 Å². The van der Waals surface area contributed by atoms with Crippen molar-refractivity contribution in [2.75, 3.05) is 0 Å². The Labute approximate surface area is 210 Å². The summed E-state index contributed by atoms with van der Waals surface area (Å²) in [5, 5.41) is 3.14. The van der Waals surface area contributed by atoms with E-state index >= 15 is 0 Å². The van der Waals surface area contributed by atoms with Gasteiger partial charge in [0, 0.05) is 0 Å². The minimum absolute atomic E-state index is 0. The Bertz CT molecular complexity index is 671. The maximum Gasteiger partial charge on any atom is 2.00 e. The average Bonchev–Trinajstić information content (AvgIpc) is 2.79. The minimum atomic E-state index is -1.38. The van der Waals surface area contributed by atoms with Gasteiger partial charge in [0.25, 0.3) is 0 Å². The summed E-state index contributed by atoms with van der Waals surface area (Å²) in [6, 6.07) is 0. The predicted molar refractivity (Wildman–Crippen MR) is 140 cm³/mol. The van der Waals surface area contributed by atoms with Crippen LogP contribution in [0.5, 0.6) is 0 Å². The molecule has 0 spiro atoms. The fourth-order valence-electron chi connectivity index (χ4n) is 4.47. The van der Waals surface area contributed by atoms with Crippen LogP contribution in [0.3, 0.4) is 0 Å². The molecule has 0 atom stereocenters. The second-order valence-electron chi connectivity index (χ2n) is 9.52. The zero-order valence-electron chi connectivity index (χ0n) is 21.9. The van der Waals surface area contributed by atoms with Gasteiger partial charge in [-0.05, 0) is 0 Å². The summed E-state index contributed by atoms with van der Waals surface area (Å²) < 4.78 is 0. The van der Waals surface area contributed by atoms with Crippen LogP contribution in [0.4, 0.5) is 0 Å². The Balaban J connectivity index is -0.000000422. The molecule has 0 N–H and O–H groups in total. The SMILES string of the molecule is [CH2-][Si](C)(C)c1c(C)c(C)c(C)[c-]1C.[CH2-][Si](C)(C)c1c(C)c(C)c(C)[c-]1C.[CH3-].[CH3-].[U+2]. The molecule has 2 aromatic carbocycles. The van der Waals surface area contributed by atoms with E-state index in [1.807, 2.05) is 0 Å². The molecule has 2 aromatic rings. The summed E-state index contributed by atoms with van der Waals surface area (Å²) in [5.74, 6) is 0. The van der Waals surface area contributed by atoms with Crippen molar-refractivity contribution in [3.63, 3.8) is 0 Å². The quantitative estimate of drug-likeness (QED) is 0.249. The molecular weight excluding hydrogens is 606 g/mol. The Hall–Kier alpha value is 0.186. The van der Waals surface area contributed by atoms with E-state index in [4.69, 9.17) is 0 Å². The number of hydrogen-bond acceptors (Lipinski definition) is 0. The van der Waals surface area contributed by atoms with Crippen molar-refractivity contribution in [2.24, 2.45) is 0 Å². The largest absolute Gasteiger partial charge is 2.00 e. The van der Waals surface area contributed by atoms with Crippen LogP contribution < -0.4 is 10.4 Å². The smallest absolute Gasteiger partial charge is 0.358 e. The second-order valence-corrected chi connectivity index (χ2v) is 18.1. The normalized spacial score (nSPS) is 11.0. The fraction of sp³-hybridized carbons (Fsp3) is 0.462. The van der Waals surface area contributed by atoms with Crippen molar-refractivity contribution in [3.8, 4) is 0 Å². The molecule has 29 heavy (non-hydrogen) atoms. The molecule has 0 bridgehead atoms. The van der Waals surface area contributed by atoms with Gasteiger partial charge in [-0.1, -0.05) is 97.7 Å². The maximum atomic E-state index is 4.36. The van der Waals surface area contributed by atoms with Gasteiger partial charge in [-0.25, -0.2) is 11.1 Å². The Kier molecular flexibility index (Phi) is 13.6. The molecule has 0 amide bonds. The van der Waals surface area contributed by atoms with Crippen molar-refractivity contribution in [1.29, 1.82) is 0 Å². The van der Waals surface area contributed by atoms with Crippen molar-refractivity contribution in [3.05, 3.63) is 72.5 Å². The van der Waals surface area contributed by atoms with Crippen LogP contribution in [0.2, 0.25) is 26.2 Å². The summed E-state index contributed by atoms with van der Waals surface area (Å²) in [6.07, 6.45) is 0. The Morgan fingerprint density at radius 1 is 0.552 bits per heavy atom. The van der Waals surface area contributed by atoms with E-state index in [1.54, 1.807) is 10.4 Å². The molecule has 0 aliphatic rings. The summed E-state index contributed by atoms with van der Waals surface area (Å²) >= 11 is 0. The summed E-state index contributed by atoms with van der Waals surface area (Å²) in [5.41, 5.74) is 11.8. The summed E-state index contributed by atoms with van der Waals surface area (Å²) in [7, 11) is -2.77. The molecule has 0 nitrogen and oxygen atoms in total. The maximum absolute atomic E-state index is 4.36. The second kappa shape index (κ2) is 11.7. The van der Waals surface area contributed by atoms with Crippen molar-refractivity contribution in [2.45, 2.75) is 81.6 Å². The molecule has 0 unspecified atom stereocenters. The van der Waals surface area contributed by atoms with Crippen LogP contribution in [0.1, 0.15) is 44.5 Å². The van der Waals surface area contributed by atoms with Gasteiger partial charge in [0.2, 0.25) is 0 Å². The first-order valence-electron chi connectivity index (χ1n) is 9.71. The first-order valence-corrected chi connectivity index (χ1v) is 16.1. The van der Waals surface area contributed by atoms with Gasteiger partial charge in [0.15, 0.2) is 0 Å². The molecule has 166 valence electrons. The van der Waals surface area contributed by atoms with Gasteiger partial charge >= 0.3 is 31.1 Å². The van der Waals surface area contributed by atoms with Gasteiger partial charge in [-0.3, -0.25) is 0 Å². The first-order chi connectivity index (χ1) is 11.5. The van der Waals surface area contributed by atoms with Crippen molar-refractivity contribution >= 4 is 26.5 Å². The van der Waals surface area contributed by atoms with Gasteiger partial charge in [-0.2, -0.15) is 43.8 Å². The van der Waals surface area contributed by atoms with Crippen molar-refractivity contribution in [1.82, 2.24) is 0 Å². The standard InChI is InChI=1S/2C12H20Si.2CH3.U/c2*1-8-9(2)11(4)12(10(8)3)13(5,6)7;;;/h2*5H2,1-4,6-7H3;2*1H3;/q2*-2;2*-1;+2. The monoisotopic (exact) mass is 652 g/mol. The van der Waals surface area contributed by atoms with E-state index in [0.29, 0.717) is 0 Å². The Morgan fingerprint density at radius 3 is 0.828 bits per heavy atom. The van der Waals surface area contributed by atoms with Crippen LogP contribution in [0, 0.1) is 114 Å². The van der Waals surface area contributed by atoms with Gasteiger partial charge in [0.05, 0.1) is 0 Å². The van der Waals surface area contributed by atoms with Crippen LogP contribution in [0.25, 0.3) is 0 Å². The third kappa shape index (κ3) is 7.10. The van der Waals surface area contributed by atoms with Crippen LogP contribution >= 0.6 is 0 Å². The molecule has 0 radical (unpaired) electrons. The van der Waals surface area contributed by atoms with Gasteiger partial charge in [0.1, 0.15) is 0 Å². The summed E-state index contributed by atoms with van der Waals surface area (Å²) in [4.78, 5) is 0. The Morgan fingerprint density at radius 2 is 0.759 bits per heavy atom. The molecule has 0 aliphatic heterocycles. The first kappa shape index (κ1) is 33.8. The molecule has 0 heterocycles. The predicted octanol–water partition coefficient (Wildman–Crippen LogP) is 6.76. The van der Waals surface area contributed by atoms with Crippen LogP contribution in [0.15, 0.2) is 0 Å². The molecule has 0 aliphatic carbocycles. The molecule has 0 aromatic heterocycles. The van der Waals surface area contributed by atoms with E-state index in [-0.39, 0.29) is 46.0 Å². The van der Waals surface area contributed by atoms with Crippen molar-refractivity contribution < 1.29 is 31.1 Å². The third-order valence-electron chi connectivity index (χ3n) is 6.23. The zero-order chi connectivity index (χ0) is 20.8. The fourth-order valence-corrected chi connectivity index (χ4v) is 9.28. The molecule has 0 saturated heterocycles. The zero-order valence-corrected chi connectivity index (χ0v) is 28.1. The third-order valence-corrected chi connectivity index (χ3v) is 10.4. The van der Waals surface area contributed by atoms with E-state index in [2.05, 4.69) is 94.7 Å². The topological polar surface area (TPSA) is 0 Å². The molecule has 0 saturated carbocycles. The summed E-state index contributed by atoms with van der Waals surface area (Å²) in [6.45, 7) is 35.9. The average molecular weight is 653 g/mol. The van der Waals surface area contributed by atoms with E-state index in [0.717, 1.165) is 0 Å². The van der Waals surface area contributed by atoms with E-state index in [1.165, 1.54) is 44.5 Å². The molecule has 3 heteroatoms. The van der Waals surface area contributed by atoms with Gasteiger partial charge in [-0.15, -0.1) is 0 Å². The van der Waals surface area contributed by atoms with E-state index < -0.39 is 16.1 Å². The molecular formula is C26H46Si2U-4. The van der Waals surface area contributed by atoms with E-state index in [9.17, 15) is 0 Å². The number of hydrogen-bond donors (Lipinski definition) is 0. The number of rotatable bonds is 2. The van der Waals surface area contributed by atoms with Gasteiger partial charge < -0.3 is 27.9 Å². The molecule has 0 fully saturated rings. The minimum Gasteiger partial charge on any atom is -0.358 e. The van der Waals surface area contributed by atoms with Crippen LogP contribution in [-0.4, -0.2) is 16.1 Å².